The molecule has 122 valence electrons. The molecule has 4 rings (SSSR count). The molecule has 0 aliphatic carbocycles. The molecule has 0 radical (unpaired) electrons. The molecule has 0 N–H and O–H groups in total. The monoisotopic (exact) mass is 323 g/mol. The number of rotatable bonds is 5. The Labute approximate surface area is 138 Å². The van der Waals surface area contributed by atoms with Crippen molar-refractivity contribution in [2.75, 3.05) is 0 Å². The maximum absolute atomic E-state index is 4.72. The van der Waals surface area contributed by atoms with E-state index < -0.39 is 0 Å². The number of aryl methyl sites for hydroxylation is 1. The lowest BCUT2D eigenvalue weighted by atomic mass is 10.2. The molecule has 3 aromatic heterocycles. The van der Waals surface area contributed by atoms with Crippen LogP contribution >= 0.6 is 0 Å². The summed E-state index contributed by atoms with van der Waals surface area (Å²) in [6.07, 6.45) is 4.84. The van der Waals surface area contributed by atoms with Crippen molar-refractivity contribution in [3.05, 3.63) is 41.9 Å². The standard InChI is InChI=1S/C16H17N7O/c1-3-6-23-11(2)13(8-17-23)16-10-22(21-18-16)9-12-4-5-14-15(7-12)20-24-19-14/h4-5,7-8,10H,3,6,9H2,1-2H3. The topological polar surface area (TPSA) is 87.5 Å². The van der Waals surface area contributed by atoms with E-state index in [2.05, 4.69) is 39.6 Å². The molecular formula is C16H17N7O. The number of hydrogen-bond acceptors (Lipinski definition) is 6. The summed E-state index contributed by atoms with van der Waals surface area (Å²) in [6, 6.07) is 5.81. The minimum Gasteiger partial charge on any atom is -0.269 e. The summed E-state index contributed by atoms with van der Waals surface area (Å²) in [5.74, 6) is 0. The van der Waals surface area contributed by atoms with Gasteiger partial charge >= 0.3 is 0 Å². The van der Waals surface area contributed by atoms with Crippen molar-refractivity contribution in [1.29, 1.82) is 0 Å². The van der Waals surface area contributed by atoms with Gasteiger partial charge in [-0.25, -0.2) is 9.31 Å². The molecule has 0 atom stereocenters. The van der Waals surface area contributed by atoms with Gasteiger partial charge in [0.2, 0.25) is 0 Å². The maximum Gasteiger partial charge on any atom is 0.135 e. The Bertz CT molecular complexity index is 981. The van der Waals surface area contributed by atoms with Gasteiger partial charge < -0.3 is 0 Å². The Morgan fingerprint density at radius 3 is 2.92 bits per heavy atom. The van der Waals surface area contributed by atoms with E-state index in [1.54, 1.807) is 4.68 Å². The van der Waals surface area contributed by atoms with E-state index in [1.165, 1.54) is 0 Å². The third kappa shape index (κ3) is 2.55. The number of aromatic nitrogens is 7. The van der Waals surface area contributed by atoms with E-state index in [0.717, 1.165) is 46.5 Å². The summed E-state index contributed by atoms with van der Waals surface area (Å²) in [5, 5.41) is 20.6. The van der Waals surface area contributed by atoms with Crippen LogP contribution in [0, 0.1) is 6.92 Å². The zero-order valence-corrected chi connectivity index (χ0v) is 13.5. The van der Waals surface area contributed by atoms with Crippen molar-refractivity contribution in [2.24, 2.45) is 0 Å². The van der Waals surface area contributed by atoms with Gasteiger partial charge in [0.25, 0.3) is 0 Å². The highest BCUT2D eigenvalue weighted by atomic mass is 16.6. The number of fused-ring (bicyclic) bond motifs is 1. The van der Waals surface area contributed by atoms with Crippen LogP contribution < -0.4 is 0 Å². The molecular weight excluding hydrogens is 306 g/mol. The molecule has 0 aliphatic heterocycles. The SMILES string of the molecule is CCCn1ncc(-c2cn(Cc3ccc4nonc4c3)nn2)c1C. The van der Waals surface area contributed by atoms with Crippen molar-refractivity contribution in [3.8, 4) is 11.3 Å². The second-order valence-corrected chi connectivity index (χ2v) is 5.76. The van der Waals surface area contributed by atoms with Crippen molar-refractivity contribution < 1.29 is 4.63 Å². The summed E-state index contributed by atoms with van der Waals surface area (Å²) in [7, 11) is 0. The van der Waals surface area contributed by atoms with Gasteiger partial charge in [0.05, 0.1) is 18.9 Å². The van der Waals surface area contributed by atoms with Gasteiger partial charge in [-0.2, -0.15) is 5.10 Å². The van der Waals surface area contributed by atoms with Crippen molar-refractivity contribution in [3.63, 3.8) is 0 Å². The van der Waals surface area contributed by atoms with Crippen molar-refractivity contribution in [2.45, 2.75) is 33.4 Å². The predicted octanol–water partition coefficient (Wildman–Crippen LogP) is 2.44. The summed E-state index contributed by atoms with van der Waals surface area (Å²) < 4.78 is 8.53. The number of benzene rings is 1. The van der Waals surface area contributed by atoms with Crippen LogP contribution in [-0.4, -0.2) is 35.1 Å². The zero-order valence-electron chi connectivity index (χ0n) is 13.5. The summed E-state index contributed by atoms with van der Waals surface area (Å²) in [6.45, 7) is 5.71. The van der Waals surface area contributed by atoms with Crippen molar-refractivity contribution in [1.82, 2.24) is 35.1 Å². The van der Waals surface area contributed by atoms with E-state index in [9.17, 15) is 0 Å². The Kier molecular flexibility index (Phi) is 3.56. The fourth-order valence-corrected chi connectivity index (χ4v) is 2.75. The second-order valence-electron chi connectivity index (χ2n) is 5.76. The van der Waals surface area contributed by atoms with Gasteiger partial charge in [-0.15, -0.1) is 5.10 Å². The predicted molar refractivity (Wildman–Crippen MR) is 87.2 cm³/mol. The first-order chi connectivity index (χ1) is 11.7. The van der Waals surface area contributed by atoms with E-state index in [0.29, 0.717) is 6.54 Å². The first-order valence-corrected chi connectivity index (χ1v) is 7.88. The quantitative estimate of drug-likeness (QED) is 0.560. The van der Waals surface area contributed by atoms with Gasteiger partial charge in [-0.3, -0.25) is 4.68 Å². The summed E-state index contributed by atoms with van der Waals surface area (Å²) in [5.41, 5.74) is 5.51. The molecule has 0 unspecified atom stereocenters. The number of hydrogen-bond donors (Lipinski definition) is 0. The van der Waals surface area contributed by atoms with Crippen LogP contribution in [0.15, 0.2) is 35.2 Å². The molecule has 8 heteroatoms. The molecule has 4 aromatic rings. The van der Waals surface area contributed by atoms with Gasteiger partial charge in [0.1, 0.15) is 16.7 Å². The molecule has 1 aromatic carbocycles. The molecule has 0 spiro atoms. The summed E-state index contributed by atoms with van der Waals surface area (Å²) >= 11 is 0. The molecule has 0 fully saturated rings. The molecule has 8 nitrogen and oxygen atoms in total. The van der Waals surface area contributed by atoms with Crippen LogP contribution in [0.1, 0.15) is 24.6 Å². The maximum atomic E-state index is 4.72. The molecule has 0 saturated carbocycles. The van der Waals surface area contributed by atoms with Gasteiger partial charge in [0.15, 0.2) is 0 Å². The normalized spacial score (nSPS) is 11.4. The van der Waals surface area contributed by atoms with Crippen LogP contribution in [-0.2, 0) is 13.1 Å². The summed E-state index contributed by atoms with van der Waals surface area (Å²) in [4.78, 5) is 0. The van der Waals surface area contributed by atoms with E-state index in [1.807, 2.05) is 35.3 Å². The van der Waals surface area contributed by atoms with Crippen LogP contribution in [0.3, 0.4) is 0 Å². The first-order valence-electron chi connectivity index (χ1n) is 7.88. The molecule has 0 amide bonds. The lowest BCUT2D eigenvalue weighted by Crippen LogP contribution is -2.01. The fraction of sp³-hybridized carbons (Fsp3) is 0.312. The minimum absolute atomic E-state index is 0.609. The second kappa shape index (κ2) is 5.88. The minimum atomic E-state index is 0.609. The highest BCUT2D eigenvalue weighted by Crippen LogP contribution is 2.21. The number of nitrogens with zero attached hydrogens (tertiary/aromatic N) is 7. The average Bonchev–Trinajstić information content (AvgIpc) is 3.29. The smallest absolute Gasteiger partial charge is 0.135 e. The Hall–Kier alpha value is -3.03. The lowest BCUT2D eigenvalue weighted by Gasteiger charge is -2.01. The van der Waals surface area contributed by atoms with Gasteiger partial charge in [-0.05, 0) is 41.4 Å². The van der Waals surface area contributed by atoms with Crippen LogP contribution in [0.25, 0.3) is 22.3 Å². The fourth-order valence-electron chi connectivity index (χ4n) is 2.75. The van der Waals surface area contributed by atoms with E-state index in [-0.39, 0.29) is 0 Å². The molecule has 0 aliphatic rings. The molecule has 3 heterocycles. The van der Waals surface area contributed by atoms with Crippen LogP contribution in [0.4, 0.5) is 0 Å². The average molecular weight is 323 g/mol. The lowest BCUT2D eigenvalue weighted by molar-refractivity contribution is 0.315. The molecule has 0 bridgehead atoms. The van der Waals surface area contributed by atoms with Gasteiger partial charge in [0, 0.05) is 17.8 Å². The third-order valence-corrected chi connectivity index (χ3v) is 4.02. The Morgan fingerprint density at radius 2 is 2.04 bits per heavy atom. The van der Waals surface area contributed by atoms with Gasteiger partial charge in [-0.1, -0.05) is 18.2 Å². The largest absolute Gasteiger partial charge is 0.269 e. The highest BCUT2D eigenvalue weighted by molar-refractivity contribution is 5.73. The van der Waals surface area contributed by atoms with Crippen LogP contribution in [0.2, 0.25) is 0 Å². The van der Waals surface area contributed by atoms with Crippen molar-refractivity contribution >= 4 is 11.0 Å². The Morgan fingerprint density at radius 1 is 1.17 bits per heavy atom. The van der Waals surface area contributed by atoms with E-state index >= 15 is 0 Å². The van der Waals surface area contributed by atoms with Crippen LogP contribution in [0.5, 0.6) is 0 Å². The zero-order chi connectivity index (χ0) is 16.5. The van der Waals surface area contributed by atoms with E-state index in [4.69, 9.17) is 4.63 Å². The Balaban J connectivity index is 1.58. The molecule has 24 heavy (non-hydrogen) atoms. The highest BCUT2D eigenvalue weighted by Gasteiger charge is 2.12. The molecule has 0 saturated heterocycles. The first kappa shape index (κ1) is 14.6. The third-order valence-electron chi connectivity index (χ3n) is 4.02.